The molecule has 0 spiro atoms. The van der Waals surface area contributed by atoms with E-state index in [1.807, 2.05) is 37.3 Å². The number of rotatable bonds is 3. The van der Waals surface area contributed by atoms with Gasteiger partial charge in [-0.25, -0.2) is 9.97 Å². The van der Waals surface area contributed by atoms with Crippen molar-refractivity contribution in [2.24, 2.45) is 5.16 Å². The van der Waals surface area contributed by atoms with Crippen molar-refractivity contribution in [3.63, 3.8) is 0 Å². The van der Waals surface area contributed by atoms with E-state index in [4.69, 9.17) is 5.21 Å². The van der Waals surface area contributed by atoms with E-state index in [1.165, 1.54) is 27.5 Å². The third-order valence-corrected chi connectivity index (χ3v) is 5.80. The summed E-state index contributed by atoms with van der Waals surface area (Å²) in [6.07, 6.45) is 2.78. The van der Waals surface area contributed by atoms with Crippen LogP contribution in [0, 0.1) is 6.92 Å². The van der Waals surface area contributed by atoms with Crippen LogP contribution in [0.4, 0.5) is 0 Å². The Kier molecular flexibility index (Phi) is 3.98. The Hall–Kier alpha value is -2.71. The first-order valence-corrected chi connectivity index (χ1v) is 9.03. The smallest absolute Gasteiger partial charge is 0.267 e. The molecule has 0 aliphatic rings. The molecule has 3 heterocycles. The van der Waals surface area contributed by atoms with Crippen molar-refractivity contribution in [2.75, 3.05) is 0 Å². The quantitative estimate of drug-likeness (QED) is 0.259. The van der Waals surface area contributed by atoms with Gasteiger partial charge in [0, 0.05) is 6.20 Å². The summed E-state index contributed by atoms with van der Waals surface area (Å²) in [6, 6.07) is 11.5. The van der Waals surface area contributed by atoms with Gasteiger partial charge in [-0.15, -0.1) is 11.3 Å². The maximum atomic E-state index is 12.7. The summed E-state index contributed by atoms with van der Waals surface area (Å²) in [7, 11) is 0. The van der Waals surface area contributed by atoms with E-state index in [9.17, 15) is 4.79 Å². The van der Waals surface area contributed by atoms with Crippen LogP contribution in [0.2, 0.25) is 0 Å². The Morgan fingerprint density at radius 2 is 2.08 bits per heavy atom. The van der Waals surface area contributed by atoms with E-state index < -0.39 is 0 Å². The molecule has 25 heavy (non-hydrogen) atoms. The topological polar surface area (TPSA) is 79.9 Å². The van der Waals surface area contributed by atoms with Gasteiger partial charge in [0.2, 0.25) is 0 Å². The lowest BCUT2D eigenvalue weighted by Gasteiger charge is -2.07. The van der Waals surface area contributed by atoms with Crippen molar-refractivity contribution < 1.29 is 5.21 Å². The molecule has 0 unspecified atom stereocenters. The predicted molar refractivity (Wildman–Crippen MR) is 99.3 cm³/mol. The lowest BCUT2D eigenvalue weighted by atomic mass is 10.3. The van der Waals surface area contributed by atoms with Crippen molar-refractivity contribution in [2.45, 2.75) is 16.3 Å². The van der Waals surface area contributed by atoms with E-state index >= 15 is 0 Å². The molecule has 4 aromatic rings. The summed E-state index contributed by atoms with van der Waals surface area (Å²) in [5.74, 6) is 0. The zero-order chi connectivity index (χ0) is 17.4. The van der Waals surface area contributed by atoms with Crippen molar-refractivity contribution in [1.29, 1.82) is 0 Å². The van der Waals surface area contributed by atoms with Crippen LogP contribution in [0.25, 0.3) is 15.9 Å². The number of nitrogens with zero attached hydrogens (tertiary/aromatic N) is 4. The summed E-state index contributed by atoms with van der Waals surface area (Å²) in [5, 5.41) is 12.4. The van der Waals surface area contributed by atoms with Gasteiger partial charge in [-0.3, -0.25) is 9.20 Å². The molecule has 0 radical (unpaired) electrons. The standard InChI is InChI=1S/C17H12N4O2S2/c1-10-5-4-8-21-14(10)20-15(11(9-18-23)16(21)22)25-17-19-12-6-2-3-7-13(12)24-17/h2-9,23H,1H3/b18-9+. The van der Waals surface area contributed by atoms with Crippen LogP contribution in [0.1, 0.15) is 11.1 Å². The van der Waals surface area contributed by atoms with Crippen LogP contribution in [-0.2, 0) is 0 Å². The molecule has 124 valence electrons. The molecule has 3 aromatic heterocycles. The van der Waals surface area contributed by atoms with E-state index in [1.54, 1.807) is 12.3 Å². The van der Waals surface area contributed by atoms with Crippen molar-refractivity contribution in [3.8, 4) is 0 Å². The zero-order valence-electron chi connectivity index (χ0n) is 13.1. The SMILES string of the molecule is Cc1cccn2c(=O)c(/C=N/O)c(Sc3nc4ccccc4s3)nc12. The number of fused-ring (bicyclic) bond motifs is 2. The fourth-order valence-corrected chi connectivity index (χ4v) is 4.58. The highest BCUT2D eigenvalue weighted by Crippen LogP contribution is 2.34. The summed E-state index contributed by atoms with van der Waals surface area (Å²) < 4.78 is 3.30. The lowest BCUT2D eigenvalue weighted by molar-refractivity contribution is 0.321. The number of para-hydroxylation sites is 1. The van der Waals surface area contributed by atoms with E-state index in [0.29, 0.717) is 10.7 Å². The van der Waals surface area contributed by atoms with Crippen LogP contribution in [-0.4, -0.2) is 25.8 Å². The minimum Gasteiger partial charge on any atom is -0.411 e. The molecule has 1 aromatic carbocycles. The van der Waals surface area contributed by atoms with E-state index in [2.05, 4.69) is 15.1 Å². The first kappa shape index (κ1) is 15.8. The van der Waals surface area contributed by atoms with Crippen LogP contribution < -0.4 is 5.56 Å². The lowest BCUT2D eigenvalue weighted by Crippen LogP contribution is -2.21. The predicted octanol–water partition coefficient (Wildman–Crippen LogP) is 3.57. The fourth-order valence-electron chi connectivity index (χ4n) is 2.52. The highest BCUT2D eigenvalue weighted by atomic mass is 32.2. The van der Waals surface area contributed by atoms with Crippen molar-refractivity contribution >= 4 is 45.2 Å². The number of thiazole rings is 1. The number of hydrogen-bond donors (Lipinski definition) is 1. The Bertz CT molecular complexity index is 1150. The molecular formula is C17H12N4O2S2. The Balaban J connectivity index is 1.91. The van der Waals surface area contributed by atoms with Crippen LogP contribution in [0.15, 0.2) is 61.9 Å². The molecule has 0 saturated heterocycles. The van der Waals surface area contributed by atoms with Crippen LogP contribution in [0.5, 0.6) is 0 Å². The molecule has 8 heteroatoms. The van der Waals surface area contributed by atoms with Gasteiger partial charge in [0.15, 0.2) is 4.34 Å². The highest BCUT2D eigenvalue weighted by molar-refractivity contribution is 8.01. The van der Waals surface area contributed by atoms with Crippen molar-refractivity contribution in [3.05, 3.63) is 64.1 Å². The van der Waals surface area contributed by atoms with Crippen LogP contribution in [0.3, 0.4) is 0 Å². The molecule has 0 fully saturated rings. The minimum atomic E-state index is -0.282. The number of aromatic nitrogens is 3. The maximum Gasteiger partial charge on any atom is 0.267 e. The summed E-state index contributed by atoms with van der Waals surface area (Å²) >= 11 is 2.83. The Morgan fingerprint density at radius 3 is 2.88 bits per heavy atom. The van der Waals surface area contributed by atoms with Crippen molar-refractivity contribution in [1.82, 2.24) is 14.4 Å². The number of benzene rings is 1. The van der Waals surface area contributed by atoms with Gasteiger partial charge < -0.3 is 5.21 Å². The Morgan fingerprint density at radius 1 is 1.24 bits per heavy atom. The van der Waals surface area contributed by atoms with Gasteiger partial charge in [-0.2, -0.15) is 0 Å². The van der Waals surface area contributed by atoms with E-state index in [-0.39, 0.29) is 11.1 Å². The number of oxime groups is 1. The highest BCUT2D eigenvalue weighted by Gasteiger charge is 2.16. The molecular weight excluding hydrogens is 356 g/mol. The van der Waals surface area contributed by atoms with Gasteiger partial charge in [-0.1, -0.05) is 23.4 Å². The van der Waals surface area contributed by atoms with Gasteiger partial charge in [0.05, 0.1) is 22.0 Å². The first-order valence-electron chi connectivity index (χ1n) is 7.40. The Labute approximate surface area is 150 Å². The third-order valence-electron chi connectivity index (χ3n) is 3.69. The number of pyridine rings is 1. The van der Waals surface area contributed by atoms with E-state index in [0.717, 1.165) is 26.3 Å². The molecule has 6 nitrogen and oxygen atoms in total. The zero-order valence-corrected chi connectivity index (χ0v) is 14.7. The normalized spacial score (nSPS) is 11.7. The molecule has 4 rings (SSSR count). The van der Waals surface area contributed by atoms with Gasteiger partial charge >= 0.3 is 0 Å². The average molecular weight is 368 g/mol. The van der Waals surface area contributed by atoms with Gasteiger partial charge in [0.1, 0.15) is 10.7 Å². The largest absolute Gasteiger partial charge is 0.411 e. The molecule has 0 atom stereocenters. The molecule has 0 amide bonds. The van der Waals surface area contributed by atoms with Crippen LogP contribution >= 0.6 is 23.1 Å². The number of aryl methyl sites for hydroxylation is 1. The summed E-state index contributed by atoms with van der Waals surface area (Å²) in [5.41, 5.74) is 2.32. The molecule has 0 bridgehead atoms. The fraction of sp³-hybridized carbons (Fsp3) is 0.0588. The molecule has 0 aliphatic carbocycles. The maximum absolute atomic E-state index is 12.7. The second kappa shape index (κ2) is 6.30. The second-order valence-corrected chi connectivity index (χ2v) is 7.58. The monoisotopic (exact) mass is 368 g/mol. The summed E-state index contributed by atoms with van der Waals surface area (Å²) in [4.78, 5) is 21.9. The number of hydrogen-bond acceptors (Lipinski definition) is 7. The van der Waals surface area contributed by atoms with Gasteiger partial charge in [0.25, 0.3) is 5.56 Å². The average Bonchev–Trinajstić information content (AvgIpc) is 3.01. The van der Waals surface area contributed by atoms with Gasteiger partial charge in [-0.05, 0) is 42.4 Å². The molecule has 1 N–H and O–H groups in total. The second-order valence-electron chi connectivity index (χ2n) is 5.31. The minimum absolute atomic E-state index is 0.231. The first-order chi connectivity index (χ1) is 12.2. The summed E-state index contributed by atoms with van der Waals surface area (Å²) in [6.45, 7) is 1.90. The third kappa shape index (κ3) is 2.79. The molecule has 0 saturated carbocycles. The molecule has 0 aliphatic heterocycles.